The number of hydrogen-bond donors (Lipinski definition) is 1. The molecule has 0 aromatic carbocycles. The van der Waals surface area contributed by atoms with Crippen molar-refractivity contribution in [3.05, 3.63) is 17.8 Å². The molecule has 1 aliphatic carbocycles. The molecule has 2 atom stereocenters. The van der Waals surface area contributed by atoms with E-state index < -0.39 is 6.09 Å². The van der Waals surface area contributed by atoms with Crippen molar-refractivity contribution >= 4 is 17.9 Å². The molecule has 32 heavy (non-hydrogen) atoms. The van der Waals surface area contributed by atoms with Gasteiger partial charge in [-0.15, -0.1) is 5.10 Å². The number of esters is 1. The van der Waals surface area contributed by atoms with E-state index in [2.05, 4.69) is 20.6 Å². The van der Waals surface area contributed by atoms with Gasteiger partial charge in [0, 0.05) is 7.05 Å². The van der Waals surface area contributed by atoms with Crippen molar-refractivity contribution in [2.24, 2.45) is 18.9 Å². The normalized spacial score (nSPS) is 18.3. The second kappa shape index (κ2) is 10.4. The number of nitrogens with one attached hydrogen (secondary N) is 1. The van der Waals surface area contributed by atoms with Crippen LogP contribution in [0.15, 0.2) is 12.1 Å². The summed E-state index contributed by atoms with van der Waals surface area (Å²) in [5, 5.41) is 10.8. The van der Waals surface area contributed by atoms with Crippen molar-refractivity contribution in [3.63, 3.8) is 0 Å². The van der Waals surface area contributed by atoms with Gasteiger partial charge in [-0.05, 0) is 50.7 Å². The van der Waals surface area contributed by atoms with E-state index in [4.69, 9.17) is 14.2 Å². The molecule has 0 radical (unpaired) electrons. The number of hydrogen-bond acceptors (Lipinski definition) is 8. The summed E-state index contributed by atoms with van der Waals surface area (Å²) in [6, 6.07) is 3.60. The third kappa shape index (κ3) is 5.74. The van der Waals surface area contributed by atoms with Crippen molar-refractivity contribution < 1.29 is 23.8 Å². The minimum atomic E-state index is -0.570. The molecule has 2 heterocycles. The van der Waals surface area contributed by atoms with Crippen LogP contribution in [0.2, 0.25) is 0 Å². The molecule has 0 bridgehead atoms. The van der Waals surface area contributed by atoms with Gasteiger partial charge in [-0.25, -0.2) is 14.5 Å². The molecule has 3 rings (SSSR count). The Balaban J connectivity index is 1.72. The van der Waals surface area contributed by atoms with E-state index in [0.717, 1.165) is 19.3 Å². The lowest BCUT2D eigenvalue weighted by Crippen LogP contribution is -2.30. The largest absolute Gasteiger partial charge is 0.489 e. The molecule has 0 unspecified atom stereocenters. The second-order valence-electron chi connectivity index (χ2n) is 8.43. The van der Waals surface area contributed by atoms with E-state index in [1.54, 1.807) is 13.1 Å². The van der Waals surface area contributed by atoms with Gasteiger partial charge in [-0.1, -0.05) is 19.1 Å². The van der Waals surface area contributed by atoms with E-state index in [9.17, 15) is 9.59 Å². The molecule has 174 valence electrons. The summed E-state index contributed by atoms with van der Waals surface area (Å²) in [4.78, 5) is 28.6. The Morgan fingerprint density at radius 2 is 2.06 bits per heavy atom. The predicted octanol–water partition coefficient (Wildman–Crippen LogP) is 3.50. The van der Waals surface area contributed by atoms with Crippen LogP contribution in [0.4, 0.5) is 10.6 Å². The quantitative estimate of drug-likeness (QED) is 0.644. The van der Waals surface area contributed by atoms with Crippen molar-refractivity contribution in [2.75, 3.05) is 19.0 Å². The lowest BCUT2D eigenvalue weighted by molar-refractivity contribution is -0.147. The van der Waals surface area contributed by atoms with Crippen LogP contribution in [-0.2, 0) is 21.3 Å². The number of anilines is 1. The third-order valence-corrected chi connectivity index (χ3v) is 5.33. The average Bonchev–Trinajstić information content (AvgIpc) is 3.13. The Kier molecular flexibility index (Phi) is 7.66. The highest BCUT2D eigenvalue weighted by atomic mass is 16.5. The number of carbonyl (C=O) groups is 2. The molecule has 10 nitrogen and oxygen atoms in total. The summed E-state index contributed by atoms with van der Waals surface area (Å²) in [5.74, 6) is 0.966. The number of amides is 1. The molecule has 1 saturated carbocycles. The zero-order valence-electron chi connectivity index (χ0n) is 19.3. The summed E-state index contributed by atoms with van der Waals surface area (Å²) in [6.45, 7) is 6.08. The predicted molar refractivity (Wildman–Crippen MR) is 117 cm³/mol. The van der Waals surface area contributed by atoms with Crippen molar-refractivity contribution in [1.29, 1.82) is 0 Å². The molecular weight excluding hydrogens is 414 g/mol. The molecule has 1 aliphatic rings. The maximum atomic E-state index is 12.1. The van der Waals surface area contributed by atoms with Crippen LogP contribution < -0.4 is 10.1 Å². The first-order valence-electron chi connectivity index (χ1n) is 10.8. The number of methoxy groups -OCH3 is 1. The van der Waals surface area contributed by atoms with Gasteiger partial charge in [0.2, 0.25) is 0 Å². The Labute approximate surface area is 187 Å². The zero-order valence-corrected chi connectivity index (χ0v) is 19.3. The highest BCUT2D eigenvalue weighted by molar-refractivity contribution is 5.88. The zero-order chi connectivity index (χ0) is 23.3. The van der Waals surface area contributed by atoms with Crippen molar-refractivity contribution in [3.8, 4) is 17.1 Å². The van der Waals surface area contributed by atoms with Crippen LogP contribution in [0, 0.1) is 18.8 Å². The van der Waals surface area contributed by atoms with Gasteiger partial charge in [0.05, 0.1) is 37.1 Å². The van der Waals surface area contributed by atoms with Gasteiger partial charge in [0.25, 0.3) is 0 Å². The maximum Gasteiger partial charge on any atom is 0.412 e. The van der Waals surface area contributed by atoms with E-state index >= 15 is 0 Å². The summed E-state index contributed by atoms with van der Waals surface area (Å²) in [7, 11) is 3.10. The van der Waals surface area contributed by atoms with Crippen LogP contribution in [-0.4, -0.2) is 51.9 Å². The van der Waals surface area contributed by atoms with Crippen LogP contribution in [0.1, 0.15) is 45.2 Å². The fourth-order valence-electron chi connectivity index (χ4n) is 3.66. The number of pyridine rings is 1. The van der Waals surface area contributed by atoms with Gasteiger partial charge in [-0.3, -0.25) is 10.1 Å². The standard InChI is InChI=1S/C22H31N5O5/c1-13(2)12-31-22(29)24-20-19(25-26-27(20)4)17-9-10-18(14(3)23-17)32-16-8-6-7-15(11-16)21(28)30-5/h9-10,13,15-16H,6-8,11-12H2,1-5H3,(H,24,29)/t15-,16-/m0/s1. The fraction of sp³-hybridized carbons (Fsp3) is 0.591. The Morgan fingerprint density at radius 3 is 2.75 bits per heavy atom. The van der Waals surface area contributed by atoms with Gasteiger partial charge < -0.3 is 14.2 Å². The number of nitrogens with zero attached hydrogens (tertiary/aromatic N) is 4. The molecule has 1 amide bonds. The molecule has 0 saturated heterocycles. The molecule has 0 spiro atoms. The first kappa shape index (κ1) is 23.5. The number of carbonyl (C=O) groups excluding carboxylic acids is 2. The lowest BCUT2D eigenvalue weighted by atomic mass is 9.87. The van der Waals surface area contributed by atoms with Crippen LogP contribution in [0.25, 0.3) is 11.4 Å². The summed E-state index contributed by atoms with van der Waals surface area (Å²) >= 11 is 0. The molecule has 1 N–H and O–H groups in total. The van der Waals surface area contributed by atoms with Gasteiger partial charge >= 0.3 is 12.1 Å². The minimum absolute atomic E-state index is 0.0660. The van der Waals surface area contributed by atoms with E-state index in [1.165, 1.54) is 11.8 Å². The number of aromatic nitrogens is 4. The monoisotopic (exact) mass is 445 g/mol. The number of aryl methyl sites for hydroxylation is 2. The smallest absolute Gasteiger partial charge is 0.412 e. The SMILES string of the molecule is COC(=O)[C@H]1CCC[C@H](Oc2ccc(-c3nnn(C)c3NC(=O)OCC(C)C)nc2C)C1. The van der Waals surface area contributed by atoms with Crippen LogP contribution >= 0.6 is 0 Å². The first-order valence-corrected chi connectivity index (χ1v) is 10.8. The first-order chi connectivity index (χ1) is 15.3. The molecule has 2 aromatic heterocycles. The minimum Gasteiger partial charge on any atom is -0.489 e. The van der Waals surface area contributed by atoms with E-state index in [-0.39, 0.29) is 23.9 Å². The molecule has 1 fully saturated rings. The summed E-state index contributed by atoms with van der Waals surface area (Å²) < 4.78 is 17.7. The van der Waals surface area contributed by atoms with E-state index in [0.29, 0.717) is 41.7 Å². The van der Waals surface area contributed by atoms with Crippen LogP contribution in [0.5, 0.6) is 5.75 Å². The third-order valence-electron chi connectivity index (χ3n) is 5.33. The number of rotatable bonds is 7. The Bertz CT molecular complexity index is 958. The Hall–Kier alpha value is -3.17. The molecule has 2 aromatic rings. The highest BCUT2D eigenvalue weighted by Gasteiger charge is 2.29. The van der Waals surface area contributed by atoms with Crippen molar-refractivity contribution in [2.45, 2.75) is 52.6 Å². The van der Waals surface area contributed by atoms with Gasteiger partial charge in [0.1, 0.15) is 5.75 Å². The number of ether oxygens (including phenoxy) is 3. The molecular formula is C22H31N5O5. The Morgan fingerprint density at radius 1 is 1.28 bits per heavy atom. The fourth-order valence-corrected chi connectivity index (χ4v) is 3.66. The highest BCUT2D eigenvalue weighted by Crippen LogP contribution is 2.31. The van der Waals surface area contributed by atoms with Crippen molar-refractivity contribution in [1.82, 2.24) is 20.0 Å². The summed E-state index contributed by atoms with van der Waals surface area (Å²) in [5.41, 5.74) is 1.67. The average molecular weight is 446 g/mol. The van der Waals surface area contributed by atoms with Gasteiger partial charge in [-0.2, -0.15) is 0 Å². The molecule has 10 heteroatoms. The molecule has 0 aliphatic heterocycles. The second-order valence-corrected chi connectivity index (χ2v) is 8.43. The topological polar surface area (TPSA) is 117 Å². The maximum absolute atomic E-state index is 12.1. The van der Waals surface area contributed by atoms with Crippen LogP contribution in [0.3, 0.4) is 0 Å². The van der Waals surface area contributed by atoms with Gasteiger partial charge in [0.15, 0.2) is 11.5 Å². The lowest BCUT2D eigenvalue weighted by Gasteiger charge is -2.28. The summed E-state index contributed by atoms with van der Waals surface area (Å²) in [6.07, 6.45) is 2.61. The van der Waals surface area contributed by atoms with E-state index in [1.807, 2.05) is 26.8 Å².